The van der Waals surface area contributed by atoms with Crippen LogP contribution in [0, 0.1) is 10.1 Å². The fourth-order valence-electron chi connectivity index (χ4n) is 2.97. The number of rotatable bonds is 6. The molecule has 0 spiro atoms. The van der Waals surface area contributed by atoms with Crippen LogP contribution in [0.4, 0.5) is 5.69 Å². The Morgan fingerprint density at radius 2 is 1.84 bits per heavy atom. The summed E-state index contributed by atoms with van der Waals surface area (Å²) in [6, 6.07) is 6.04. The Morgan fingerprint density at radius 3 is 2.36 bits per heavy atom. The number of amides is 1. The van der Waals surface area contributed by atoms with Crippen molar-refractivity contribution in [3.05, 3.63) is 34.4 Å². The van der Waals surface area contributed by atoms with Gasteiger partial charge in [-0.3, -0.25) is 14.9 Å². The van der Waals surface area contributed by atoms with Gasteiger partial charge in [-0.25, -0.2) is 4.79 Å². The first-order chi connectivity index (χ1) is 11.9. The molecule has 1 saturated carbocycles. The average molecular weight is 366 g/mol. The van der Waals surface area contributed by atoms with Crippen molar-refractivity contribution in [1.29, 1.82) is 0 Å². The normalized spacial score (nSPS) is 17.4. The lowest BCUT2D eigenvalue weighted by Crippen LogP contribution is -2.57. The number of ether oxygens (including phenoxy) is 1. The Kier molecular flexibility index (Phi) is 6.41. The summed E-state index contributed by atoms with van der Waals surface area (Å²) in [6.07, 6.45) is 3.96. The molecule has 0 aromatic heterocycles. The minimum atomic E-state index is -0.936. The maximum atomic E-state index is 12.6. The Bertz CT molecular complexity index is 641. The standard InChI is InChI=1S/C17H22N2O5S/c1-12(25-14-8-6-13(7-9-14)19(22)23)15(20)18-17(16(21)24-2)10-4-3-5-11-17/h6-9,12H,3-5,10-11H2,1-2H3,(H,18,20). The van der Waals surface area contributed by atoms with Crippen molar-refractivity contribution in [2.24, 2.45) is 0 Å². The van der Waals surface area contributed by atoms with Gasteiger partial charge in [-0.05, 0) is 31.9 Å². The summed E-state index contributed by atoms with van der Waals surface area (Å²) in [5.41, 5.74) is -0.928. The summed E-state index contributed by atoms with van der Waals surface area (Å²) < 4.78 is 4.90. The predicted molar refractivity (Wildman–Crippen MR) is 94.4 cm³/mol. The second kappa shape index (κ2) is 8.33. The average Bonchev–Trinajstić information content (AvgIpc) is 2.62. The van der Waals surface area contributed by atoms with E-state index in [-0.39, 0.29) is 11.6 Å². The molecule has 1 unspecified atom stereocenters. The third-order valence-corrected chi connectivity index (χ3v) is 5.49. The second-order valence-corrected chi connectivity index (χ2v) is 7.55. The maximum absolute atomic E-state index is 12.6. The van der Waals surface area contributed by atoms with E-state index in [9.17, 15) is 19.7 Å². The highest BCUT2D eigenvalue weighted by atomic mass is 32.2. The van der Waals surface area contributed by atoms with E-state index in [0.29, 0.717) is 12.8 Å². The molecular formula is C17H22N2O5S. The zero-order chi connectivity index (χ0) is 18.4. The quantitative estimate of drug-likeness (QED) is 0.359. The molecule has 0 heterocycles. The van der Waals surface area contributed by atoms with Crippen LogP contribution in [0.3, 0.4) is 0 Å². The number of nitrogens with one attached hydrogen (secondary N) is 1. The van der Waals surface area contributed by atoms with Gasteiger partial charge in [0.15, 0.2) is 0 Å². The predicted octanol–water partition coefficient (Wildman–Crippen LogP) is 3.07. The largest absolute Gasteiger partial charge is 0.467 e. The van der Waals surface area contributed by atoms with E-state index < -0.39 is 21.7 Å². The third-order valence-electron chi connectivity index (χ3n) is 4.38. The first kappa shape index (κ1) is 19.2. The van der Waals surface area contributed by atoms with Gasteiger partial charge in [-0.1, -0.05) is 19.3 Å². The molecule has 0 bridgehead atoms. The zero-order valence-electron chi connectivity index (χ0n) is 14.3. The summed E-state index contributed by atoms with van der Waals surface area (Å²) in [4.78, 5) is 35.7. The van der Waals surface area contributed by atoms with Crippen LogP contribution in [0.15, 0.2) is 29.2 Å². The highest BCUT2D eigenvalue weighted by molar-refractivity contribution is 8.00. The first-order valence-electron chi connectivity index (χ1n) is 8.19. The number of hydrogen-bond acceptors (Lipinski definition) is 6. The van der Waals surface area contributed by atoms with Gasteiger partial charge in [0.25, 0.3) is 5.69 Å². The summed E-state index contributed by atoms with van der Waals surface area (Å²) in [5.74, 6) is -0.635. The van der Waals surface area contributed by atoms with Crippen molar-refractivity contribution in [2.45, 2.75) is 54.7 Å². The summed E-state index contributed by atoms with van der Waals surface area (Å²) >= 11 is 1.29. The van der Waals surface area contributed by atoms with Crippen LogP contribution in [0.1, 0.15) is 39.0 Å². The lowest BCUT2D eigenvalue weighted by atomic mass is 9.81. The third kappa shape index (κ3) is 4.72. The maximum Gasteiger partial charge on any atom is 0.331 e. The highest BCUT2D eigenvalue weighted by Crippen LogP contribution is 2.31. The van der Waals surface area contributed by atoms with Crippen molar-refractivity contribution >= 4 is 29.3 Å². The number of nitro benzene ring substituents is 1. The number of benzene rings is 1. The molecule has 0 saturated heterocycles. The molecule has 25 heavy (non-hydrogen) atoms. The van der Waals surface area contributed by atoms with Gasteiger partial charge >= 0.3 is 5.97 Å². The van der Waals surface area contributed by atoms with Crippen molar-refractivity contribution in [3.63, 3.8) is 0 Å². The van der Waals surface area contributed by atoms with Crippen LogP contribution >= 0.6 is 11.8 Å². The molecule has 1 aliphatic rings. The molecule has 7 nitrogen and oxygen atoms in total. The van der Waals surface area contributed by atoms with E-state index in [1.807, 2.05) is 0 Å². The molecule has 1 atom stereocenters. The van der Waals surface area contributed by atoms with Gasteiger partial charge in [-0.15, -0.1) is 11.8 Å². The molecule has 0 aliphatic heterocycles. The van der Waals surface area contributed by atoms with E-state index in [1.165, 1.54) is 31.0 Å². The van der Waals surface area contributed by atoms with Crippen LogP contribution in [0.25, 0.3) is 0 Å². The van der Waals surface area contributed by atoms with E-state index in [4.69, 9.17) is 4.74 Å². The number of hydrogen-bond donors (Lipinski definition) is 1. The summed E-state index contributed by atoms with van der Waals surface area (Å²) in [7, 11) is 1.33. The number of methoxy groups -OCH3 is 1. The van der Waals surface area contributed by atoms with Crippen LogP contribution in [-0.4, -0.2) is 34.7 Å². The molecule has 1 N–H and O–H groups in total. The molecule has 1 aromatic rings. The Morgan fingerprint density at radius 1 is 1.24 bits per heavy atom. The topological polar surface area (TPSA) is 98.5 Å². The smallest absolute Gasteiger partial charge is 0.331 e. The van der Waals surface area contributed by atoms with Crippen molar-refractivity contribution in [2.75, 3.05) is 7.11 Å². The van der Waals surface area contributed by atoms with Crippen LogP contribution in [0.2, 0.25) is 0 Å². The molecule has 1 aliphatic carbocycles. The lowest BCUT2D eigenvalue weighted by Gasteiger charge is -2.35. The van der Waals surface area contributed by atoms with Crippen LogP contribution in [-0.2, 0) is 14.3 Å². The molecule has 0 radical (unpaired) electrons. The van der Waals surface area contributed by atoms with Crippen LogP contribution in [0.5, 0.6) is 0 Å². The Hall–Kier alpha value is -2.09. The first-order valence-corrected chi connectivity index (χ1v) is 9.07. The Labute approximate surface area is 150 Å². The SMILES string of the molecule is COC(=O)C1(NC(=O)C(C)Sc2ccc([N+](=O)[O-])cc2)CCCCC1. The number of carbonyl (C=O) groups excluding carboxylic acids is 2. The van der Waals surface area contributed by atoms with E-state index in [0.717, 1.165) is 24.2 Å². The minimum Gasteiger partial charge on any atom is -0.467 e. The number of carbonyl (C=O) groups is 2. The van der Waals surface area contributed by atoms with Gasteiger partial charge < -0.3 is 10.1 Å². The molecule has 1 fully saturated rings. The van der Waals surface area contributed by atoms with Crippen molar-refractivity contribution in [1.82, 2.24) is 5.32 Å². The molecule has 1 aromatic carbocycles. The number of nitrogens with zero attached hydrogens (tertiary/aromatic N) is 1. The molecule has 136 valence electrons. The van der Waals surface area contributed by atoms with E-state index >= 15 is 0 Å². The fourth-order valence-corrected chi connectivity index (χ4v) is 3.84. The van der Waals surface area contributed by atoms with Gasteiger partial charge in [0, 0.05) is 17.0 Å². The second-order valence-electron chi connectivity index (χ2n) is 6.13. The van der Waals surface area contributed by atoms with Gasteiger partial charge in [0.05, 0.1) is 17.3 Å². The molecule has 1 amide bonds. The molecule has 2 rings (SSSR count). The van der Waals surface area contributed by atoms with E-state index in [2.05, 4.69) is 5.32 Å². The van der Waals surface area contributed by atoms with Crippen molar-refractivity contribution < 1.29 is 19.2 Å². The monoisotopic (exact) mass is 366 g/mol. The van der Waals surface area contributed by atoms with Gasteiger partial charge in [0.2, 0.25) is 5.91 Å². The summed E-state index contributed by atoms with van der Waals surface area (Å²) in [5, 5.41) is 13.1. The van der Waals surface area contributed by atoms with Gasteiger partial charge in [0.1, 0.15) is 5.54 Å². The van der Waals surface area contributed by atoms with Crippen LogP contribution < -0.4 is 5.32 Å². The minimum absolute atomic E-state index is 0.00769. The summed E-state index contributed by atoms with van der Waals surface area (Å²) in [6.45, 7) is 1.75. The highest BCUT2D eigenvalue weighted by Gasteiger charge is 2.42. The number of thioether (sulfide) groups is 1. The fraction of sp³-hybridized carbons (Fsp3) is 0.529. The molecular weight excluding hydrogens is 344 g/mol. The van der Waals surface area contributed by atoms with Gasteiger partial charge in [-0.2, -0.15) is 0 Å². The molecule has 8 heteroatoms. The number of esters is 1. The van der Waals surface area contributed by atoms with E-state index in [1.54, 1.807) is 19.1 Å². The Balaban J connectivity index is 2.02. The number of non-ortho nitro benzene ring substituents is 1. The van der Waals surface area contributed by atoms with Crippen molar-refractivity contribution in [3.8, 4) is 0 Å². The zero-order valence-corrected chi connectivity index (χ0v) is 15.1. The lowest BCUT2D eigenvalue weighted by molar-refractivity contribution is -0.384. The number of nitro groups is 1.